The molecule has 4 aromatic carbocycles. The van der Waals surface area contributed by atoms with Crippen LogP contribution in [0.5, 0.6) is 0 Å². The summed E-state index contributed by atoms with van der Waals surface area (Å²) in [4.78, 5) is 0. The third-order valence-electron chi connectivity index (χ3n) is 9.79. The summed E-state index contributed by atoms with van der Waals surface area (Å²) in [6.07, 6.45) is 3.27. The van der Waals surface area contributed by atoms with Crippen LogP contribution in [-0.4, -0.2) is 24.4 Å². The fourth-order valence-electron chi connectivity index (χ4n) is 7.20. The lowest BCUT2D eigenvalue weighted by molar-refractivity contribution is 0.378. The molecule has 4 aromatic rings. The zero-order chi connectivity index (χ0) is 46.3. The third kappa shape index (κ3) is 7.87. The van der Waals surface area contributed by atoms with Crippen LogP contribution in [0.1, 0.15) is 32.1 Å². The molecule has 2 nitrogen and oxygen atoms in total. The molecule has 1 aliphatic carbocycles. The van der Waals surface area contributed by atoms with Crippen LogP contribution in [0.15, 0.2) is 11.1 Å². The minimum absolute atomic E-state index is 0.269. The van der Waals surface area contributed by atoms with E-state index < -0.39 is 144 Å². The number of hydrogen-bond donors (Lipinski definition) is 0. The summed E-state index contributed by atoms with van der Waals surface area (Å²) in [5.41, 5.74) is -12.8. The van der Waals surface area contributed by atoms with Crippen molar-refractivity contribution in [3.05, 3.63) is 127 Å². The number of rotatable bonds is 7. The highest BCUT2D eigenvalue weighted by Crippen LogP contribution is 2.33. The lowest BCUT2D eigenvalue weighted by Crippen LogP contribution is -2.81. The molecule has 0 amide bonds. The van der Waals surface area contributed by atoms with Crippen molar-refractivity contribution in [1.82, 2.24) is 0 Å². The van der Waals surface area contributed by atoms with Gasteiger partial charge in [0, 0.05) is 5.57 Å². The number of allylic oxidation sites excluding steroid dienone is 1. The maximum Gasteiger partial charge on any atom is 0.200 e. The van der Waals surface area contributed by atoms with E-state index in [2.05, 4.69) is 24.6 Å². The van der Waals surface area contributed by atoms with Gasteiger partial charge in [-0.15, -0.1) is 21.9 Å². The van der Waals surface area contributed by atoms with Crippen LogP contribution in [0.25, 0.3) is 0 Å². The van der Waals surface area contributed by atoms with Crippen molar-refractivity contribution in [2.24, 2.45) is 5.92 Å². The smallest absolute Gasteiger partial charge is 0.200 e. The van der Waals surface area contributed by atoms with Crippen LogP contribution < -0.4 is 21.9 Å². The van der Waals surface area contributed by atoms with Gasteiger partial charge in [-0.3, -0.25) is 0 Å². The summed E-state index contributed by atoms with van der Waals surface area (Å²) in [6, 6.07) is 4.15. The summed E-state index contributed by atoms with van der Waals surface area (Å²) < 4.78 is 294. The molecular weight excluding hydrogens is 895 g/mol. The lowest BCUT2D eigenvalue weighted by Gasteiger charge is -2.44. The quantitative estimate of drug-likeness (QED) is 0.0466. The zero-order valence-corrected chi connectivity index (χ0v) is 31.1. The second-order valence-corrected chi connectivity index (χ2v) is 15.6. The van der Waals surface area contributed by atoms with E-state index in [-0.39, 0.29) is 10.9 Å². The summed E-state index contributed by atoms with van der Waals surface area (Å²) >= 11 is 0. The predicted octanol–water partition coefficient (Wildman–Crippen LogP) is 8.63. The van der Waals surface area contributed by atoms with Crippen LogP contribution in [0.3, 0.4) is 0 Å². The van der Waals surface area contributed by atoms with Crippen LogP contribution in [-0.2, 0) is 10.9 Å². The van der Waals surface area contributed by atoms with E-state index in [0.29, 0.717) is 11.5 Å². The maximum atomic E-state index is 15.4. The molecule has 5 rings (SSSR count). The van der Waals surface area contributed by atoms with Gasteiger partial charge >= 0.3 is 0 Å². The normalized spacial score (nSPS) is 13.2. The number of hydrogen-bond acceptors (Lipinski definition) is 2. The van der Waals surface area contributed by atoms with Gasteiger partial charge in [0.05, 0.1) is 12.5 Å². The minimum Gasteiger partial charge on any atom is -0.207 e. The van der Waals surface area contributed by atoms with E-state index in [1.807, 2.05) is 0 Å². The minimum atomic E-state index is -7.22. The molecule has 24 heteroatoms. The van der Waals surface area contributed by atoms with Gasteiger partial charge in [-0.25, -0.2) is 87.8 Å². The Morgan fingerprint density at radius 2 is 0.623 bits per heavy atom. The molecule has 1 saturated carbocycles. The highest BCUT2D eigenvalue weighted by molar-refractivity contribution is 7.95. The fraction of sp³-hybridized carbons (Fsp3) is 0.243. The van der Waals surface area contributed by atoms with Crippen molar-refractivity contribution >= 4 is 38.9 Å². The van der Waals surface area contributed by atoms with E-state index in [4.69, 9.17) is 10.5 Å². The first kappa shape index (κ1) is 48.3. The Morgan fingerprint density at radius 3 is 0.820 bits per heavy atom. The topological polar surface area (TPSA) is 47.6 Å². The second kappa shape index (κ2) is 18.3. The van der Waals surface area contributed by atoms with E-state index in [9.17, 15) is 52.7 Å². The SMILES string of the molecule is C[S+](C)CC(=C(C#N)C#N)C1CCCCC1.Fc1c(F)c(F)c([B-](c2c(F)c(F)c(F)c(F)c2F)(c2c(F)c(F)c(F)c(F)c2F)c2c(F)c(F)c(F)c(F)c2F)c(F)c1F. The van der Waals surface area contributed by atoms with E-state index in [1.165, 1.54) is 32.1 Å². The molecule has 326 valence electrons. The number of halogens is 20. The fourth-order valence-corrected chi connectivity index (χ4v) is 8.20. The third-order valence-corrected chi connectivity index (χ3v) is 10.7. The van der Waals surface area contributed by atoms with Gasteiger partial charge < -0.3 is 0 Å². The van der Waals surface area contributed by atoms with Crippen molar-refractivity contribution in [2.45, 2.75) is 32.1 Å². The standard InChI is InChI=1S/C24BF20.C13H19N2S/c26-5-1(6(27)14(35)21(42)13(5)34)25(2-7(28)15(36)22(43)16(37)8(2)29,3-9(30)17(38)23(44)18(39)10(3)31)4-11(32)19(40)24(45)20(41)12(4)33;1-16(2)10-13(12(8-14)9-15)11-6-4-3-5-7-11/h;11H,3-7,10H2,1-2H3/q-1;+1. The Labute approximate surface area is 333 Å². The molecule has 0 spiro atoms. The van der Waals surface area contributed by atoms with E-state index in [1.54, 1.807) is 0 Å². The van der Waals surface area contributed by atoms with Crippen molar-refractivity contribution in [3.63, 3.8) is 0 Å². The van der Waals surface area contributed by atoms with Gasteiger partial charge in [0.15, 0.2) is 69.8 Å². The van der Waals surface area contributed by atoms with Crippen molar-refractivity contribution in [1.29, 1.82) is 10.5 Å². The molecule has 61 heavy (non-hydrogen) atoms. The zero-order valence-electron chi connectivity index (χ0n) is 30.3. The van der Waals surface area contributed by atoms with Crippen molar-refractivity contribution in [2.75, 3.05) is 18.3 Å². The van der Waals surface area contributed by atoms with Crippen LogP contribution in [0, 0.1) is 145 Å². The highest BCUT2D eigenvalue weighted by Gasteiger charge is 2.52. The number of nitriles is 2. The lowest BCUT2D eigenvalue weighted by atomic mass is 9.12. The molecule has 0 atom stereocenters. The molecular formula is C37H19BF20N2S. The highest BCUT2D eigenvalue weighted by atomic mass is 32.2. The molecule has 0 aromatic heterocycles. The molecule has 0 N–H and O–H groups in total. The van der Waals surface area contributed by atoms with Gasteiger partial charge in [0.1, 0.15) is 76.1 Å². The Kier molecular flexibility index (Phi) is 14.5. The van der Waals surface area contributed by atoms with Gasteiger partial charge in [0.2, 0.25) is 0 Å². The van der Waals surface area contributed by atoms with Gasteiger partial charge in [-0.1, -0.05) is 19.3 Å². The Morgan fingerprint density at radius 1 is 0.410 bits per heavy atom. The van der Waals surface area contributed by atoms with Crippen LogP contribution in [0.2, 0.25) is 0 Å². The molecule has 0 aliphatic heterocycles. The van der Waals surface area contributed by atoms with Gasteiger partial charge in [0.25, 0.3) is 0 Å². The monoisotopic (exact) mass is 914 g/mol. The average Bonchev–Trinajstić information content (AvgIpc) is 3.24. The van der Waals surface area contributed by atoms with Crippen LogP contribution in [0.4, 0.5) is 87.8 Å². The summed E-state index contributed by atoms with van der Waals surface area (Å²) in [5, 5.41) is 18.0. The summed E-state index contributed by atoms with van der Waals surface area (Å²) in [7, 11) is 0.269. The van der Waals surface area contributed by atoms with E-state index >= 15 is 35.1 Å². The van der Waals surface area contributed by atoms with Gasteiger partial charge in [-0.2, -0.15) is 10.5 Å². The molecule has 0 radical (unpaired) electrons. The van der Waals surface area contributed by atoms with Gasteiger partial charge in [-0.05, 0) is 29.7 Å². The second-order valence-electron chi connectivity index (χ2n) is 13.4. The summed E-state index contributed by atoms with van der Waals surface area (Å²) in [5.74, 6) is -70.0. The average molecular weight is 914 g/mol. The van der Waals surface area contributed by atoms with E-state index in [0.717, 1.165) is 11.3 Å². The largest absolute Gasteiger partial charge is 0.207 e. The summed E-state index contributed by atoms with van der Waals surface area (Å²) in [6.45, 7) is 0. The number of nitrogens with zero attached hydrogens (tertiary/aromatic N) is 2. The molecule has 1 aliphatic rings. The van der Waals surface area contributed by atoms with Crippen molar-refractivity contribution in [3.8, 4) is 12.1 Å². The number of benzene rings is 4. The predicted molar refractivity (Wildman–Crippen MR) is 178 cm³/mol. The Balaban J connectivity index is 0.000000430. The molecule has 0 heterocycles. The molecule has 0 saturated heterocycles. The van der Waals surface area contributed by atoms with Crippen molar-refractivity contribution < 1.29 is 87.8 Å². The first-order valence-corrected chi connectivity index (χ1v) is 18.9. The maximum absolute atomic E-state index is 15.4. The first-order valence-electron chi connectivity index (χ1n) is 16.7. The van der Waals surface area contributed by atoms with Crippen LogP contribution >= 0.6 is 0 Å². The first-order chi connectivity index (χ1) is 28.4. The Bertz CT molecular complexity index is 2160. The molecule has 0 unspecified atom stereocenters. The Hall–Kier alpha value is -5.39. The molecule has 0 bridgehead atoms. The molecule has 1 fully saturated rings.